The summed E-state index contributed by atoms with van der Waals surface area (Å²) in [5.41, 5.74) is -2.60. The maximum absolute atomic E-state index is 16.1. The lowest BCUT2D eigenvalue weighted by molar-refractivity contribution is -0.145. The third kappa shape index (κ3) is 10.8. The SMILES string of the molecule is COc1cc(C(=O)OCCOC(=O)CN(C)C(=O)OC(C)(C)C)ccc1CC(=O)[C@@H]1N[C@@H](CC(C)(C)C)[C@](C#N)(c2ccc(Cl)cc2F)[C@H]1c1cccc(Cl)c1F. The number of benzene rings is 3. The number of amides is 1. The highest BCUT2D eigenvalue weighted by Crippen LogP contribution is 2.53. The molecule has 15 heteroatoms. The van der Waals surface area contributed by atoms with Gasteiger partial charge in [0.2, 0.25) is 0 Å². The van der Waals surface area contributed by atoms with Crippen molar-refractivity contribution in [2.24, 2.45) is 5.41 Å². The molecule has 11 nitrogen and oxygen atoms in total. The topological polar surface area (TPSA) is 144 Å². The first kappa shape index (κ1) is 44.9. The lowest BCUT2D eigenvalue weighted by atomic mass is 9.62. The van der Waals surface area contributed by atoms with Gasteiger partial charge in [-0.3, -0.25) is 9.59 Å². The molecule has 0 spiro atoms. The van der Waals surface area contributed by atoms with Crippen molar-refractivity contribution < 1.29 is 46.9 Å². The van der Waals surface area contributed by atoms with Gasteiger partial charge in [-0.15, -0.1) is 0 Å². The first-order valence-corrected chi connectivity index (χ1v) is 18.9. The van der Waals surface area contributed by atoms with Crippen LogP contribution in [-0.4, -0.2) is 80.3 Å². The summed E-state index contributed by atoms with van der Waals surface area (Å²) in [4.78, 5) is 52.7. The molecule has 1 aliphatic rings. The number of halogens is 4. The number of hydrogen-bond acceptors (Lipinski definition) is 10. The average Bonchev–Trinajstić information content (AvgIpc) is 3.43. The summed E-state index contributed by atoms with van der Waals surface area (Å²) < 4.78 is 53.1. The van der Waals surface area contributed by atoms with Crippen LogP contribution < -0.4 is 10.1 Å². The molecule has 4 rings (SSSR count). The van der Waals surface area contributed by atoms with Crippen LogP contribution in [0, 0.1) is 28.4 Å². The third-order valence-electron chi connectivity index (χ3n) is 9.33. The van der Waals surface area contributed by atoms with Crippen molar-refractivity contribution in [3.8, 4) is 11.8 Å². The van der Waals surface area contributed by atoms with E-state index in [-0.39, 0.29) is 58.7 Å². The zero-order chi connectivity index (χ0) is 42.5. The fourth-order valence-corrected chi connectivity index (χ4v) is 7.28. The first-order chi connectivity index (χ1) is 26.6. The van der Waals surface area contributed by atoms with Gasteiger partial charge in [0.1, 0.15) is 48.2 Å². The smallest absolute Gasteiger partial charge is 0.410 e. The molecule has 57 heavy (non-hydrogen) atoms. The molecule has 1 saturated heterocycles. The van der Waals surface area contributed by atoms with Gasteiger partial charge in [-0.2, -0.15) is 5.26 Å². The molecule has 3 aromatic carbocycles. The number of nitrogens with one attached hydrogen (secondary N) is 1. The molecule has 1 amide bonds. The molecule has 4 atom stereocenters. The second-order valence-electron chi connectivity index (χ2n) is 16.0. The molecule has 1 aliphatic heterocycles. The van der Waals surface area contributed by atoms with E-state index in [1.807, 2.05) is 20.8 Å². The normalized spacial score (nSPS) is 19.3. The minimum atomic E-state index is -1.80. The van der Waals surface area contributed by atoms with Crippen molar-refractivity contribution in [3.05, 3.63) is 98.5 Å². The second-order valence-corrected chi connectivity index (χ2v) is 16.9. The Balaban J connectivity index is 1.57. The Morgan fingerprint density at radius 2 is 1.65 bits per heavy atom. The average molecular weight is 831 g/mol. The van der Waals surface area contributed by atoms with Gasteiger partial charge in [-0.1, -0.05) is 68.2 Å². The third-order valence-corrected chi connectivity index (χ3v) is 9.86. The molecule has 1 N–H and O–H groups in total. The Morgan fingerprint density at radius 1 is 0.965 bits per heavy atom. The van der Waals surface area contributed by atoms with Crippen LogP contribution in [-0.2, 0) is 35.6 Å². The predicted octanol–water partition coefficient (Wildman–Crippen LogP) is 7.98. The molecule has 1 heterocycles. The van der Waals surface area contributed by atoms with E-state index in [2.05, 4.69) is 11.4 Å². The lowest BCUT2D eigenvalue weighted by Gasteiger charge is -2.37. The van der Waals surface area contributed by atoms with E-state index in [4.69, 9.17) is 42.1 Å². The van der Waals surface area contributed by atoms with E-state index in [1.165, 1.54) is 62.7 Å². The molecule has 1 fully saturated rings. The highest BCUT2D eigenvalue weighted by Gasteiger charge is 2.61. The number of esters is 2. The quantitative estimate of drug-likeness (QED) is 0.102. The highest BCUT2D eigenvalue weighted by atomic mass is 35.5. The summed E-state index contributed by atoms with van der Waals surface area (Å²) in [6.45, 7) is 9.96. The van der Waals surface area contributed by atoms with E-state index in [0.29, 0.717) is 12.0 Å². The van der Waals surface area contributed by atoms with Gasteiger partial charge in [0.05, 0.1) is 29.8 Å². The Morgan fingerprint density at radius 3 is 2.26 bits per heavy atom. The van der Waals surface area contributed by atoms with Crippen LogP contribution in [0.5, 0.6) is 5.75 Å². The van der Waals surface area contributed by atoms with E-state index in [1.54, 1.807) is 20.8 Å². The maximum atomic E-state index is 16.1. The largest absolute Gasteiger partial charge is 0.496 e. The number of carbonyl (C=O) groups excluding carboxylic acids is 4. The van der Waals surface area contributed by atoms with Crippen molar-refractivity contribution in [3.63, 3.8) is 0 Å². The van der Waals surface area contributed by atoms with Crippen LogP contribution in [0.15, 0.2) is 54.6 Å². The van der Waals surface area contributed by atoms with Crippen LogP contribution in [0.1, 0.15) is 80.9 Å². The van der Waals surface area contributed by atoms with Crippen molar-refractivity contribution >= 4 is 47.0 Å². The van der Waals surface area contributed by atoms with E-state index < -0.39 is 69.9 Å². The number of methoxy groups -OCH3 is 1. The second kappa shape index (κ2) is 18.2. The first-order valence-electron chi connectivity index (χ1n) is 18.1. The molecule has 0 bridgehead atoms. The molecular formula is C42H47Cl2F2N3O8. The van der Waals surface area contributed by atoms with Gasteiger partial charge in [0.15, 0.2) is 5.78 Å². The minimum absolute atomic E-state index is 0.0357. The van der Waals surface area contributed by atoms with E-state index in [9.17, 15) is 24.4 Å². The summed E-state index contributed by atoms with van der Waals surface area (Å²) in [6, 6.07) is 12.8. The molecule has 0 unspecified atom stereocenters. The van der Waals surface area contributed by atoms with Gasteiger partial charge in [0.25, 0.3) is 0 Å². The van der Waals surface area contributed by atoms with Crippen LogP contribution in [0.25, 0.3) is 0 Å². The van der Waals surface area contributed by atoms with Crippen LogP contribution in [0.3, 0.4) is 0 Å². The van der Waals surface area contributed by atoms with Crippen LogP contribution in [0.4, 0.5) is 13.6 Å². The molecule has 306 valence electrons. The molecular weight excluding hydrogens is 783 g/mol. The van der Waals surface area contributed by atoms with Crippen molar-refractivity contribution in [2.45, 2.75) is 83.4 Å². The molecule has 0 saturated carbocycles. The molecule has 3 aromatic rings. The number of rotatable bonds is 13. The molecule has 0 aromatic heterocycles. The van der Waals surface area contributed by atoms with Crippen molar-refractivity contribution in [1.82, 2.24) is 10.2 Å². The summed E-state index contributed by atoms with van der Waals surface area (Å²) in [7, 11) is 2.74. The minimum Gasteiger partial charge on any atom is -0.496 e. The molecule has 0 aliphatic carbocycles. The highest BCUT2D eigenvalue weighted by molar-refractivity contribution is 6.31. The standard InChI is InChI=1S/C42H47Cl2F2N3O8/c1-40(2,3)21-33-42(23-47,28-15-14-26(43)20-30(28)45)35(27-10-9-11-29(44)36(27)46)37(48-33)31(50)18-24-12-13-25(19-32(24)54-8)38(52)56-17-16-55-34(51)22-49(7)39(53)57-41(4,5)6/h9-15,19-20,33,35,37,48H,16-18,21-22H2,1-8H3/t33-,35-,37-,42-/m0/s1. The zero-order valence-corrected chi connectivity index (χ0v) is 34.6. The van der Waals surface area contributed by atoms with Crippen LogP contribution in [0.2, 0.25) is 10.0 Å². The van der Waals surface area contributed by atoms with E-state index in [0.717, 1.165) is 11.0 Å². The Labute approximate surface area is 341 Å². The lowest BCUT2D eigenvalue weighted by Crippen LogP contribution is -2.44. The van der Waals surface area contributed by atoms with Gasteiger partial charge in [0, 0.05) is 41.6 Å². The van der Waals surface area contributed by atoms with E-state index >= 15 is 8.78 Å². The van der Waals surface area contributed by atoms with Gasteiger partial charge < -0.3 is 29.2 Å². The van der Waals surface area contributed by atoms with Gasteiger partial charge in [-0.25, -0.2) is 18.4 Å². The number of ketones is 1. The van der Waals surface area contributed by atoms with Gasteiger partial charge in [-0.05, 0) is 68.5 Å². The van der Waals surface area contributed by atoms with Crippen LogP contribution >= 0.6 is 23.2 Å². The number of nitrogens with zero attached hydrogens (tertiary/aromatic N) is 2. The maximum Gasteiger partial charge on any atom is 0.410 e. The predicted molar refractivity (Wildman–Crippen MR) is 209 cm³/mol. The van der Waals surface area contributed by atoms with Gasteiger partial charge >= 0.3 is 18.0 Å². The molecule has 0 radical (unpaired) electrons. The van der Waals surface area contributed by atoms with Crippen molar-refractivity contribution in [2.75, 3.05) is 33.9 Å². The fourth-order valence-electron chi connectivity index (χ4n) is 6.94. The number of carbonyl (C=O) groups is 4. The van der Waals surface area contributed by atoms with Crippen molar-refractivity contribution in [1.29, 1.82) is 5.26 Å². The number of Topliss-reactive ketones (excluding diaryl/α,β-unsaturated/α-hetero) is 1. The summed E-state index contributed by atoms with van der Waals surface area (Å²) in [5.74, 6) is -4.66. The summed E-state index contributed by atoms with van der Waals surface area (Å²) >= 11 is 12.4. The fraction of sp³-hybridized carbons (Fsp3) is 0.452. The number of hydrogen-bond donors (Lipinski definition) is 1. The monoisotopic (exact) mass is 829 g/mol. The zero-order valence-electron chi connectivity index (χ0n) is 33.1. The Bertz CT molecular complexity index is 2040. The Hall–Kier alpha value is -4.77. The number of likely N-dealkylation sites (N-methyl/N-ethyl adjacent to an activating group) is 1. The summed E-state index contributed by atoms with van der Waals surface area (Å²) in [5, 5.41) is 14.3. The number of ether oxygens (including phenoxy) is 4. The number of nitriles is 1. The summed E-state index contributed by atoms with van der Waals surface area (Å²) in [6.07, 6.45) is -0.684. The Kier molecular flexibility index (Phi) is 14.4.